The lowest BCUT2D eigenvalue weighted by molar-refractivity contribution is -0.134. The summed E-state index contributed by atoms with van der Waals surface area (Å²) in [6.45, 7) is 5.87. The number of aliphatic hydroxyl groups excluding tert-OH is 1. The molecule has 2 unspecified atom stereocenters. The molecular weight excluding hydrogens is 280 g/mol. The van der Waals surface area contributed by atoms with Gasteiger partial charge in [0.2, 0.25) is 5.91 Å². The highest BCUT2D eigenvalue weighted by molar-refractivity contribution is 7.91. The maximum absolute atomic E-state index is 12.3. The average Bonchev–Trinajstić information content (AvgIpc) is 2.64. The fourth-order valence-corrected chi connectivity index (χ4v) is 3.98. The van der Waals surface area contributed by atoms with Crippen LogP contribution in [0.5, 0.6) is 0 Å². The first kappa shape index (κ1) is 17.4. The summed E-state index contributed by atoms with van der Waals surface area (Å²) in [5.41, 5.74) is 5.82. The van der Waals surface area contributed by atoms with Gasteiger partial charge in [-0.05, 0) is 11.8 Å². The van der Waals surface area contributed by atoms with Gasteiger partial charge in [0, 0.05) is 25.0 Å². The molecule has 1 saturated heterocycles. The van der Waals surface area contributed by atoms with Crippen LogP contribution in [0.15, 0.2) is 0 Å². The molecule has 1 fully saturated rings. The summed E-state index contributed by atoms with van der Waals surface area (Å²) in [7, 11) is -3.06. The Balaban J connectivity index is 2.74. The summed E-state index contributed by atoms with van der Waals surface area (Å²) < 4.78 is 23.1. The van der Waals surface area contributed by atoms with E-state index < -0.39 is 9.84 Å². The molecule has 0 aromatic rings. The lowest BCUT2D eigenvalue weighted by Crippen LogP contribution is -2.47. The van der Waals surface area contributed by atoms with Gasteiger partial charge < -0.3 is 15.7 Å². The molecule has 1 heterocycles. The Labute approximate surface area is 121 Å². The fraction of sp³-hybridized carbons (Fsp3) is 0.923. The summed E-state index contributed by atoms with van der Waals surface area (Å²) in [6.07, 6.45) is 0.610. The molecule has 7 heteroatoms. The van der Waals surface area contributed by atoms with Crippen LogP contribution in [0, 0.1) is 5.41 Å². The minimum absolute atomic E-state index is 0.0104. The van der Waals surface area contributed by atoms with Gasteiger partial charge in [-0.1, -0.05) is 20.8 Å². The van der Waals surface area contributed by atoms with Gasteiger partial charge in [0.1, 0.15) is 0 Å². The van der Waals surface area contributed by atoms with Crippen LogP contribution in [0.3, 0.4) is 0 Å². The van der Waals surface area contributed by atoms with E-state index in [-0.39, 0.29) is 54.5 Å². The molecule has 0 aliphatic carbocycles. The second-order valence-electron chi connectivity index (χ2n) is 6.54. The van der Waals surface area contributed by atoms with Crippen molar-refractivity contribution in [2.24, 2.45) is 11.1 Å². The molecule has 0 radical (unpaired) electrons. The first-order valence-electron chi connectivity index (χ1n) is 6.93. The van der Waals surface area contributed by atoms with Gasteiger partial charge in [0.05, 0.1) is 18.1 Å². The van der Waals surface area contributed by atoms with Crippen molar-refractivity contribution in [1.29, 1.82) is 0 Å². The predicted octanol–water partition coefficient (Wildman–Crippen LogP) is -0.242. The van der Waals surface area contributed by atoms with E-state index in [4.69, 9.17) is 10.8 Å². The smallest absolute Gasteiger partial charge is 0.224 e. The standard InChI is InChI=1S/C13H26N2O4S/c1-13(2,3)11(14)8-12(17)15(5-6-16)10-4-7-20(18,19)9-10/h10-11,16H,4-9,14H2,1-3H3. The number of carbonyl (C=O) groups is 1. The molecule has 1 amide bonds. The van der Waals surface area contributed by atoms with E-state index in [0.29, 0.717) is 6.42 Å². The van der Waals surface area contributed by atoms with E-state index in [1.165, 1.54) is 4.90 Å². The Morgan fingerprint density at radius 3 is 2.45 bits per heavy atom. The van der Waals surface area contributed by atoms with Crippen molar-refractivity contribution in [3.63, 3.8) is 0 Å². The van der Waals surface area contributed by atoms with Gasteiger partial charge >= 0.3 is 0 Å². The molecule has 1 aliphatic heterocycles. The summed E-state index contributed by atoms with van der Waals surface area (Å²) in [4.78, 5) is 13.8. The third-order valence-electron chi connectivity index (χ3n) is 3.82. The highest BCUT2D eigenvalue weighted by Crippen LogP contribution is 2.23. The van der Waals surface area contributed by atoms with E-state index in [0.717, 1.165) is 0 Å². The van der Waals surface area contributed by atoms with Crippen molar-refractivity contribution >= 4 is 15.7 Å². The van der Waals surface area contributed by atoms with Crippen molar-refractivity contribution in [3.05, 3.63) is 0 Å². The van der Waals surface area contributed by atoms with E-state index in [9.17, 15) is 13.2 Å². The largest absolute Gasteiger partial charge is 0.395 e. The van der Waals surface area contributed by atoms with Crippen LogP contribution in [0.2, 0.25) is 0 Å². The average molecular weight is 306 g/mol. The third kappa shape index (κ3) is 4.71. The summed E-state index contributed by atoms with van der Waals surface area (Å²) >= 11 is 0. The number of nitrogens with two attached hydrogens (primary N) is 1. The van der Waals surface area contributed by atoms with Crippen LogP contribution in [0.4, 0.5) is 0 Å². The molecule has 2 atom stereocenters. The van der Waals surface area contributed by atoms with Gasteiger partial charge in [-0.3, -0.25) is 4.79 Å². The number of amides is 1. The highest BCUT2D eigenvalue weighted by Gasteiger charge is 2.35. The molecule has 1 rings (SSSR count). The van der Waals surface area contributed by atoms with E-state index in [2.05, 4.69) is 0 Å². The van der Waals surface area contributed by atoms with Crippen molar-refractivity contribution in [3.8, 4) is 0 Å². The molecule has 0 saturated carbocycles. The van der Waals surface area contributed by atoms with Gasteiger partial charge in [-0.25, -0.2) is 8.42 Å². The lowest BCUT2D eigenvalue weighted by Gasteiger charge is -2.32. The van der Waals surface area contributed by atoms with Crippen LogP contribution in [0.25, 0.3) is 0 Å². The monoisotopic (exact) mass is 306 g/mol. The van der Waals surface area contributed by atoms with E-state index in [1.807, 2.05) is 20.8 Å². The normalized spacial score (nSPS) is 23.6. The summed E-state index contributed by atoms with van der Waals surface area (Å²) in [5.74, 6) is -0.0783. The Hall–Kier alpha value is -0.660. The van der Waals surface area contributed by atoms with Gasteiger partial charge in [-0.15, -0.1) is 0 Å². The second kappa shape index (κ2) is 6.41. The van der Waals surface area contributed by atoms with Crippen molar-refractivity contribution < 1.29 is 18.3 Å². The van der Waals surface area contributed by atoms with Crippen molar-refractivity contribution in [2.75, 3.05) is 24.7 Å². The third-order valence-corrected chi connectivity index (χ3v) is 5.57. The van der Waals surface area contributed by atoms with Crippen molar-refractivity contribution in [2.45, 2.75) is 45.7 Å². The maximum atomic E-state index is 12.3. The zero-order valence-electron chi connectivity index (χ0n) is 12.5. The number of carbonyl (C=O) groups excluding carboxylic acids is 1. The molecule has 1 aliphatic rings. The van der Waals surface area contributed by atoms with Gasteiger partial charge in [-0.2, -0.15) is 0 Å². The number of hydrogen-bond acceptors (Lipinski definition) is 5. The molecule has 0 spiro atoms. The van der Waals surface area contributed by atoms with Crippen molar-refractivity contribution in [1.82, 2.24) is 4.90 Å². The molecule has 6 nitrogen and oxygen atoms in total. The number of aliphatic hydroxyl groups is 1. The zero-order chi connectivity index (χ0) is 15.6. The molecule has 20 heavy (non-hydrogen) atoms. The predicted molar refractivity (Wildman–Crippen MR) is 77.9 cm³/mol. The second-order valence-corrected chi connectivity index (χ2v) is 8.77. The molecule has 0 bridgehead atoms. The van der Waals surface area contributed by atoms with Crippen LogP contribution >= 0.6 is 0 Å². The highest BCUT2D eigenvalue weighted by atomic mass is 32.2. The molecular formula is C13H26N2O4S. The molecule has 3 N–H and O–H groups in total. The maximum Gasteiger partial charge on any atom is 0.224 e. The van der Waals surface area contributed by atoms with Gasteiger partial charge in [0.25, 0.3) is 0 Å². The van der Waals surface area contributed by atoms with Crippen LogP contribution in [0.1, 0.15) is 33.6 Å². The SMILES string of the molecule is CC(C)(C)C(N)CC(=O)N(CCO)C1CCS(=O)(=O)C1. The lowest BCUT2D eigenvalue weighted by atomic mass is 9.85. The summed E-state index contributed by atoms with van der Waals surface area (Å²) in [5, 5.41) is 9.10. The number of hydrogen-bond donors (Lipinski definition) is 2. The summed E-state index contributed by atoms with van der Waals surface area (Å²) in [6, 6.07) is -0.624. The molecule has 0 aromatic carbocycles. The van der Waals surface area contributed by atoms with Crippen LogP contribution < -0.4 is 5.73 Å². The minimum atomic E-state index is -3.06. The fourth-order valence-electron chi connectivity index (χ4n) is 2.25. The molecule has 0 aromatic heterocycles. The van der Waals surface area contributed by atoms with Crippen LogP contribution in [-0.2, 0) is 14.6 Å². The number of rotatable bonds is 5. The van der Waals surface area contributed by atoms with Gasteiger partial charge in [0.15, 0.2) is 9.84 Å². The Morgan fingerprint density at radius 1 is 1.45 bits per heavy atom. The Kier molecular flexibility index (Phi) is 5.57. The van der Waals surface area contributed by atoms with E-state index >= 15 is 0 Å². The number of sulfone groups is 1. The molecule has 118 valence electrons. The first-order valence-corrected chi connectivity index (χ1v) is 8.75. The Bertz CT molecular complexity index is 442. The first-order chi connectivity index (χ1) is 9.07. The zero-order valence-corrected chi connectivity index (χ0v) is 13.3. The quantitative estimate of drug-likeness (QED) is 0.730. The minimum Gasteiger partial charge on any atom is -0.395 e. The topological polar surface area (TPSA) is 101 Å². The Morgan fingerprint density at radius 2 is 2.05 bits per heavy atom. The van der Waals surface area contributed by atoms with E-state index in [1.54, 1.807) is 0 Å². The van der Waals surface area contributed by atoms with Crippen LogP contribution in [-0.4, -0.2) is 61.1 Å². The number of nitrogens with zero attached hydrogens (tertiary/aromatic N) is 1.